The second-order valence-electron chi connectivity index (χ2n) is 7.67. The van der Waals surface area contributed by atoms with Crippen LogP contribution in [0.4, 0.5) is 5.69 Å². The van der Waals surface area contributed by atoms with Gasteiger partial charge >= 0.3 is 0 Å². The largest absolute Gasteiger partial charge is 0.495 e. The highest BCUT2D eigenvalue weighted by Gasteiger charge is 2.24. The second-order valence-corrected chi connectivity index (χ2v) is 8.61. The Balaban J connectivity index is 1.53. The molecule has 2 heterocycles. The Morgan fingerprint density at radius 2 is 2.17 bits per heavy atom. The lowest BCUT2D eigenvalue weighted by atomic mass is 10.1. The van der Waals surface area contributed by atoms with Gasteiger partial charge in [0.2, 0.25) is 0 Å². The van der Waals surface area contributed by atoms with Crippen LogP contribution >= 0.6 is 11.3 Å². The van der Waals surface area contributed by atoms with E-state index in [9.17, 15) is 0 Å². The zero-order valence-electron chi connectivity index (χ0n) is 17.9. The number of nitrogens with zero attached hydrogens (tertiary/aromatic N) is 3. The van der Waals surface area contributed by atoms with E-state index in [0.29, 0.717) is 18.4 Å². The van der Waals surface area contributed by atoms with Crippen LogP contribution in [0.25, 0.3) is 0 Å². The Hall–Kier alpha value is -2.28. The van der Waals surface area contributed by atoms with Gasteiger partial charge in [-0.25, -0.2) is 9.98 Å². The summed E-state index contributed by atoms with van der Waals surface area (Å²) >= 11 is 1.69. The highest BCUT2D eigenvalue weighted by Crippen LogP contribution is 2.31. The van der Waals surface area contributed by atoms with E-state index in [1.54, 1.807) is 18.4 Å². The fourth-order valence-electron chi connectivity index (χ4n) is 3.50. The number of ether oxygens (including phenoxy) is 1. The van der Waals surface area contributed by atoms with Crippen LogP contribution in [0, 0.1) is 5.92 Å². The quantitative estimate of drug-likeness (QED) is 0.506. The molecule has 0 saturated carbocycles. The van der Waals surface area contributed by atoms with Crippen molar-refractivity contribution in [2.45, 2.75) is 39.7 Å². The molecule has 1 atom stereocenters. The number of para-hydroxylation sites is 2. The van der Waals surface area contributed by atoms with Crippen molar-refractivity contribution in [3.05, 3.63) is 40.3 Å². The normalized spacial score (nSPS) is 17.1. The molecule has 1 fully saturated rings. The summed E-state index contributed by atoms with van der Waals surface area (Å²) in [4.78, 5) is 11.8. The van der Waals surface area contributed by atoms with Gasteiger partial charge in [0.05, 0.1) is 25.0 Å². The number of guanidine groups is 1. The summed E-state index contributed by atoms with van der Waals surface area (Å²) in [6.45, 7) is 10.9. The minimum Gasteiger partial charge on any atom is -0.495 e. The first kappa shape index (κ1) is 21.4. The van der Waals surface area contributed by atoms with E-state index in [4.69, 9.17) is 9.73 Å². The van der Waals surface area contributed by atoms with Crippen LogP contribution in [-0.2, 0) is 6.54 Å². The molecule has 0 bridgehead atoms. The summed E-state index contributed by atoms with van der Waals surface area (Å²) in [6.07, 6.45) is 1.16. The van der Waals surface area contributed by atoms with Gasteiger partial charge in [0.1, 0.15) is 10.8 Å². The van der Waals surface area contributed by atoms with E-state index in [1.165, 1.54) is 5.69 Å². The molecule has 1 unspecified atom stereocenters. The zero-order valence-corrected chi connectivity index (χ0v) is 18.8. The molecule has 7 heteroatoms. The number of aliphatic imine (C=N–C) groups is 1. The molecule has 6 nitrogen and oxygen atoms in total. The molecule has 0 radical (unpaired) electrons. The number of thiazole rings is 1. The van der Waals surface area contributed by atoms with Crippen molar-refractivity contribution in [1.82, 2.24) is 15.6 Å². The van der Waals surface area contributed by atoms with Crippen molar-refractivity contribution >= 4 is 23.0 Å². The van der Waals surface area contributed by atoms with Gasteiger partial charge < -0.3 is 20.3 Å². The summed E-state index contributed by atoms with van der Waals surface area (Å²) in [5.41, 5.74) is 2.34. The first-order valence-electron chi connectivity index (χ1n) is 10.4. The first-order valence-corrected chi connectivity index (χ1v) is 11.3. The van der Waals surface area contributed by atoms with Gasteiger partial charge in [-0.05, 0) is 37.3 Å². The van der Waals surface area contributed by atoms with E-state index in [2.05, 4.69) is 58.8 Å². The number of benzene rings is 1. The number of rotatable bonds is 8. The van der Waals surface area contributed by atoms with Gasteiger partial charge in [0.25, 0.3) is 0 Å². The van der Waals surface area contributed by atoms with Crippen molar-refractivity contribution in [2.75, 3.05) is 38.2 Å². The standard InChI is InChI=1S/C22H33N5OS/c1-5-23-22(25-13-21-26-18(15-29-21)16(2)3)24-12-17-10-11-27(14-17)19-8-6-7-9-20(19)28-4/h6-9,15-17H,5,10-14H2,1-4H3,(H2,23,24,25). The number of hydrogen-bond acceptors (Lipinski definition) is 5. The number of nitrogens with one attached hydrogen (secondary N) is 2. The Morgan fingerprint density at radius 3 is 2.90 bits per heavy atom. The average molecular weight is 416 g/mol. The maximum atomic E-state index is 5.52. The third-order valence-electron chi connectivity index (χ3n) is 5.15. The lowest BCUT2D eigenvalue weighted by molar-refractivity contribution is 0.414. The molecule has 1 aromatic carbocycles. The topological polar surface area (TPSA) is 61.8 Å². The van der Waals surface area contributed by atoms with Crippen molar-refractivity contribution in [2.24, 2.45) is 10.9 Å². The van der Waals surface area contributed by atoms with Gasteiger partial charge in [-0.3, -0.25) is 0 Å². The summed E-state index contributed by atoms with van der Waals surface area (Å²) in [5.74, 6) is 2.85. The van der Waals surface area contributed by atoms with Crippen LogP contribution in [0.2, 0.25) is 0 Å². The molecular weight excluding hydrogens is 382 g/mol. The minimum absolute atomic E-state index is 0.462. The van der Waals surface area contributed by atoms with Crippen LogP contribution in [0.15, 0.2) is 34.6 Å². The van der Waals surface area contributed by atoms with Crippen molar-refractivity contribution in [1.29, 1.82) is 0 Å². The fourth-order valence-corrected chi connectivity index (χ4v) is 4.38. The Morgan fingerprint density at radius 1 is 1.34 bits per heavy atom. The van der Waals surface area contributed by atoms with Crippen LogP contribution in [0.1, 0.15) is 43.8 Å². The molecule has 1 aromatic heterocycles. The van der Waals surface area contributed by atoms with Gasteiger partial charge in [-0.1, -0.05) is 26.0 Å². The maximum absolute atomic E-state index is 5.52. The number of hydrogen-bond donors (Lipinski definition) is 2. The summed E-state index contributed by atoms with van der Waals surface area (Å²) in [5, 5.41) is 10.1. The molecular formula is C22H33N5OS. The Kier molecular flexibility index (Phi) is 7.75. The van der Waals surface area contributed by atoms with E-state index in [1.807, 2.05) is 12.1 Å². The highest BCUT2D eigenvalue weighted by atomic mass is 32.1. The molecule has 29 heavy (non-hydrogen) atoms. The Bertz CT molecular complexity index is 804. The second kappa shape index (κ2) is 10.5. The monoisotopic (exact) mass is 415 g/mol. The maximum Gasteiger partial charge on any atom is 0.191 e. The molecule has 158 valence electrons. The van der Waals surface area contributed by atoms with Crippen LogP contribution in [0.5, 0.6) is 5.75 Å². The molecule has 0 aliphatic carbocycles. The molecule has 3 rings (SSSR count). The summed E-state index contributed by atoms with van der Waals surface area (Å²) < 4.78 is 5.52. The number of methoxy groups -OCH3 is 1. The van der Waals surface area contributed by atoms with E-state index in [0.717, 1.165) is 55.0 Å². The molecule has 0 amide bonds. The van der Waals surface area contributed by atoms with E-state index in [-0.39, 0.29) is 0 Å². The lowest BCUT2D eigenvalue weighted by Crippen LogP contribution is -2.40. The molecule has 2 aromatic rings. The predicted molar refractivity (Wildman–Crippen MR) is 122 cm³/mol. The lowest BCUT2D eigenvalue weighted by Gasteiger charge is -2.21. The molecule has 1 aliphatic heterocycles. The van der Waals surface area contributed by atoms with Gasteiger partial charge in [0.15, 0.2) is 5.96 Å². The smallest absolute Gasteiger partial charge is 0.191 e. The van der Waals surface area contributed by atoms with Crippen molar-refractivity contribution in [3.8, 4) is 5.75 Å². The zero-order chi connectivity index (χ0) is 20.6. The van der Waals surface area contributed by atoms with Crippen molar-refractivity contribution < 1.29 is 4.74 Å². The predicted octanol–water partition coefficient (Wildman–Crippen LogP) is 3.86. The van der Waals surface area contributed by atoms with Crippen molar-refractivity contribution in [3.63, 3.8) is 0 Å². The number of aromatic nitrogens is 1. The molecule has 0 spiro atoms. The molecule has 1 aliphatic rings. The van der Waals surface area contributed by atoms with Gasteiger partial charge in [-0.15, -0.1) is 11.3 Å². The van der Waals surface area contributed by atoms with Gasteiger partial charge in [0, 0.05) is 31.6 Å². The first-order chi connectivity index (χ1) is 14.1. The highest BCUT2D eigenvalue weighted by molar-refractivity contribution is 7.09. The SMILES string of the molecule is CCNC(=NCc1nc(C(C)C)cs1)NCC1CCN(c2ccccc2OC)C1. The molecule has 1 saturated heterocycles. The Labute approximate surface area is 178 Å². The number of anilines is 1. The minimum atomic E-state index is 0.462. The van der Waals surface area contributed by atoms with Crippen LogP contribution in [-0.4, -0.2) is 44.2 Å². The third kappa shape index (κ3) is 5.85. The average Bonchev–Trinajstić information content (AvgIpc) is 3.40. The van der Waals surface area contributed by atoms with Crippen LogP contribution < -0.4 is 20.3 Å². The van der Waals surface area contributed by atoms with E-state index < -0.39 is 0 Å². The fraction of sp³-hybridized carbons (Fsp3) is 0.545. The summed E-state index contributed by atoms with van der Waals surface area (Å²) in [6, 6.07) is 8.26. The van der Waals surface area contributed by atoms with E-state index >= 15 is 0 Å². The van der Waals surface area contributed by atoms with Crippen LogP contribution in [0.3, 0.4) is 0 Å². The molecule has 2 N–H and O–H groups in total. The third-order valence-corrected chi connectivity index (χ3v) is 6.00. The summed E-state index contributed by atoms with van der Waals surface area (Å²) in [7, 11) is 1.74. The van der Waals surface area contributed by atoms with Gasteiger partial charge in [-0.2, -0.15) is 0 Å².